The fraction of sp³-hybridized carbons (Fsp3) is 0.0667. The summed E-state index contributed by atoms with van der Waals surface area (Å²) in [5, 5.41) is 8.39. The Morgan fingerprint density at radius 2 is 2.05 bits per heavy atom. The molecule has 4 heterocycles. The van der Waals surface area contributed by atoms with E-state index in [0.29, 0.717) is 0 Å². The Morgan fingerprint density at radius 3 is 2.82 bits per heavy atom. The average Bonchev–Trinajstić information content (AvgIpc) is 3.18. The molecule has 0 unspecified atom stereocenters. The molecule has 0 spiro atoms. The fourth-order valence-electron chi connectivity index (χ4n) is 2.21. The number of nitrogens with one attached hydrogen (secondary N) is 1. The molecule has 4 aromatic rings. The van der Waals surface area contributed by atoms with Crippen LogP contribution in [0.2, 0.25) is 0 Å². The smallest absolute Gasteiger partial charge is 0.131 e. The van der Waals surface area contributed by atoms with Gasteiger partial charge in [-0.3, -0.25) is 14.6 Å². The van der Waals surface area contributed by atoms with Gasteiger partial charge in [0.15, 0.2) is 0 Å². The molecule has 0 atom stereocenters. The first-order valence-electron chi connectivity index (χ1n) is 6.69. The lowest BCUT2D eigenvalue weighted by molar-refractivity contribution is 0.768. The molecule has 6 nitrogen and oxygen atoms in total. The highest BCUT2D eigenvalue weighted by Gasteiger charge is 2.05. The van der Waals surface area contributed by atoms with Crippen molar-refractivity contribution in [3.05, 3.63) is 48.5 Å². The highest BCUT2D eigenvalue weighted by molar-refractivity contribution is 7.13. The van der Waals surface area contributed by atoms with Gasteiger partial charge in [0.1, 0.15) is 10.8 Å². The molecule has 0 saturated carbocycles. The minimum atomic E-state index is 0.780. The lowest BCUT2D eigenvalue weighted by Gasteiger charge is -2.05. The first kappa shape index (κ1) is 12.9. The Kier molecular flexibility index (Phi) is 3.05. The van der Waals surface area contributed by atoms with Gasteiger partial charge in [-0.05, 0) is 18.2 Å². The minimum Gasteiger partial charge on any atom is -0.331 e. The van der Waals surface area contributed by atoms with E-state index in [-0.39, 0.29) is 0 Å². The van der Waals surface area contributed by atoms with Crippen LogP contribution in [-0.4, -0.2) is 24.7 Å². The maximum absolute atomic E-state index is 4.62. The van der Waals surface area contributed by atoms with Gasteiger partial charge < -0.3 is 5.32 Å². The van der Waals surface area contributed by atoms with Crippen LogP contribution < -0.4 is 5.32 Å². The summed E-state index contributed by atoms with van der Waals surface area (Å²) in [4.78, 5) is 13.1. The predicted molar refractivity (Wildman–Crippen MR) is 87.1 cm³/mol. The SMILES string of the molecule is Cn1cc(-c2cnc3ccc(Nc4cncs4)nc3c2)cn1. The van der Waals surface area contributed by atoms with Crippen LogP contribution >= 0.6 is 11.3 Å². The van der Waals surface area contributed by atoms with E-state index in [9.17, 15) is 0 Å². The van der Waals surface area contributed by atoms with E-state index in [1.165, 1.54) is 11.3 Å². The molecule has 22 heavy (non-hydrogen) atoms. The monoisotopic (exact) mass is 308 g/mol. The second-order valence-electron chi connectivity index (χ2n) is 4.85. The molecule has 1 N–H and O–H groups in total. The zero-order valence-electron chi connectivity index (χ0n) is 11.8. The van der Waals surface area contributed by atoms with Gasteiger partial charge in [-0.25, -0.2) is 4.98 Å². The summed E-state index contributed by atoms with van der Waals surface area (Å²) in [5.74, 6) is 0.780. The van der Waals surface area contributed by atoms with Gasteiger partial charge in [0.05, 0.1) is 28.9 Å². The first-order chi connectivity index (χ1) is 10.8. The number of aromatic nitrogens is 5. The van der Waals surface area contributed by atoms with Crippen LogP contribution in [0, 0.1) is 0 Å². The molecular formula is C15H12N6S. The molecule has 0 radical (unpaired) electrons. The third kappa shape index (κ3) is 2.42. The maximum Gasteiger partial charge on any atom is 0.131 e. The van der Waals surface area contributed by atoms with Crippen LogP contribution in [0.15, 0.2) is 48.5 Å². The lowest BCUT2D eigenvalue weighted by Crippen LogP contribution is -1.93. The van der Waals surface area contributed by atoms with E-state index < -0.39 is 0 Å². The Balaban J connectivity index is 1.74. The van der Waals surface area contributed by atoms with Crippen molar-refractivity contribution >= 4 is 33.2 Å². The van der Waals surface area contributed by atoms with Crippen LogP contribution in [0.4, 0.5) is 10.8 Å². The number of fused-ring (bicyclic) bond motifs is 1. The Labute approximate surface area is 130 Å². The summed E-state index contributed by atoms with van der Waals surface area (Å²) in [6, 6.07) is 5.90. The first-order valence-corrected chi connectivity index (χ1v) is 7.57. The van der Waals surface area contributed by atoms with E-state index in [2.05, 4.69) is 25.4 Å². The molecule has 0 aliphatic rings. The molecule has 0 aliphatic carbocycles. The van der Waals surface area contributed by atoms with Crippen molar-refractivity contribution in [1.29, 1.82) is 0 Å². The van der Waals surface area contributed by atoms with Gasteiger partial charge >= 0.3 is 0 Å². The largest absolute Gasteiger partial charge is 0.331 e. The summed E-state index contributed by atoms with van der Waals surface area (Å²) in [5.41, 5.74) is 5.52. The Morgan fingerprint density at radius 1 is 1.09 bits per heavy atom. The topological polar surface area (TPSA) is 68.5 Å². The highest BCUT2D eigenvalue weighted by atomic mass is 32.1. The fourth-order valence-corrected chi connectivity index (χ4v) is 2.73. The zero-order chi connectivity index (χ0) is 14.9. The van der Waals surface area contributed by atoms with Crippen molar-refractivity contribution in [2.45, 2.75) is 0 Å². The van der Waals surface area contributed by atoms with Gasteiger partial charge in [-0.15, -0.1) is 11.3 Å². The van der Waals surface area contributed by atoms with Crippen molar-refractivity contribution in [3.8, 4) is 11.1 Å². The van der Waals surface area contributed by atoms with E-state index in [4.69, 9.17) is 0 Å². The molecule has 0 bridgehead atoms. The second-order valence-corrected chi connectivity index (χ2v) is 5.74. The number of anilines is 2. The summed E-state index contributed by atoms with van der Waals surface area (Å²) < 4.78 is 1.77. The second kappa shape index (κ2) is 5.19. The molecule has 4 rings (SSSR count). The third-order valence-electron chi connectivity index (χ3n) is 3.26. The summed E-state index contributed by atoms with van der Waals surface area (Å²) in [6.45, 7) is 0. The van der Waals surface area contributed by atoms with Gasteiger partial charge in [0, 0.05) is 30.6 Å². The van der Waals surface area contributed by atoms with Crippen LogP contribution in [0.3, 0.4) is 0 Å². The van der Waals surface area contributed by atoms with Crippen molar-refractivity contribution in [1.82, 2.24) is 24.7 Å². The standard InChI is InChI=1S/C15H12N6S/c1-21-8-11(6-18-21)10-4-13-12(17-5-10)2-3-14(19-13)20-15-7-16-9-22-15/h2-9H,1H3,(H,19,20). The molecule has 0 aromatic carbocycles. The van der Waals surface area contributed by atoms with Gasteiger partial charge in [-0.2, -0.15) is 5.10 Å². The van der Waals surface area contributed by atoms with E-state index >= 15 is 0 Å². The molecule has 4 aromatic heterocycles. The Bertz CT molecular complexity index is 928. The number of aryl methyl sites for hydroxylation is 1. The van der Waals surface area contributed by atoms with Crippen molar-refractivity contribution in [3.63, 3.8) is 0 Å². The van der Waals surface area contributed by atoms with Crippen LogP contribution in [0.1, 0.15) is 0 Å². The minimum absolute atomic E-state index is 0.780. The predicted octanol–water partition coefficient (Wildman–Crippen LogP) is 3.23. The lowest BCUT2D eigenvalue weighted by atomic mass is 10.1. The maximum atomic E-state index is 4.62. The normalized spacial score (nSPS) is 11.0. The van der Waals surface area contributed by atoms with Crippen LogP contribution in [-0.2, 0) is 7.05 Å². The quantitative estimate of drug-likeness (QED) is 0.629. The number of hydrogen-bond donors (Lipinski definition) is 1. The summed E-state index contributed by atoms with van der Waals surface area (Å²) in [6.07, 6.45) is 7.41. The molecular weight excluding hydrogens is 296 g/mol. The third-order valence-corrected chi connectivity index (χ3v) is 3.95. The number of hydrogen-bond acceptors (Lipinski definition) is 6. The number of pyridine rings is 2. The molecule has 0 amide bonds. The molecule has 108 valence electrons. The highest BCUT2D eigenvalue weighted by Crippen LogP contribution is 2.24. The zero-order valence-corrected chi connectivity index (χ0v) is 12.6. The number of nitrogens with zero attached hydrogens (tertiary/aromatic N) is 5. The van der Waals surface area contributed by atoms with Gasteiger partial charge in [0.25, 0.3) is 0 Å². The molecule has 0 aliphatic heterocycles. The molecule has 0 saturated heterocycles. The van der Waals surface area contributed by atoms with Gasteiger partial charge in [0.2, 0.25) is 0 Å². The average molecular weight is 308 g/mol. The van der Waals surface area contributed by atoms with E-state index in [0.717, 1.165) is 33.0 Å². The molecule has 7 heteroatoms. The van der Waals surface area contributed by atoms with E-state index in [1.807, 2.05) is 43.8 Å². The number of rotatable bonds is 3. The summed E-state index contributed by atoms with van der Waals surface area (Å²) in [7, 11) is 1.90. The Hall–Kier alpha value is -2.80. The van der Waals surface area contributed by atoms with Crippen LogP contribution in [0.5, 0.6) is 0 Å². The van der Waals surface area contributed by atoms with Gasteiger partial charge in [-0.1, -0.05) is 0 Å². The number of thiazole rings is 1. The molecule has 0 fully saturated rings. The van der Waals surface area contributed by atoms with Crippen molar-refractivity contribution in [2.24, 2.45) is 7.05 Å². The summed E-state index contributed by atoms with van der Waals surface area (Å²) >= 11 is 1.54. The van der Waals surface area contributed by atoms with Crippen molar-refractivity contribution in [2.75, 3.05) is 5.32 Å². The van der Waals surface area contributed by atoms with Crippen LogP contribution in [0.25, 0.3) is 22.2 Å². The van der Waals surface area contributed by atoms with Crippen molar-refractivity contribution < 1.29 is 0 Å². The van der Waals surface area contributed by atoms with E-state index in [1.54, 1.807) is 16.4 Å².